The molecule has 31 heavy (non-hydrogen) atoms. The normalized spacial score (nSPS) is 11.6. The van der Waals surface area contributed by atoms with E-state index in [2.05, 4.69) is 15.0 Å². The molecule has 0 aliphatic carbocycles. The lowest BCUT2D eigenvalue weighted by Crippen LogP contribution is -2.22. The van der Waals surface area contributed by atoms with Crippen LogP contribution in [0.5, 0.6) is 0 Å². The molecule has 0 N–H and O–H groups in total. The van der Waals surface area contributed by atoms with Gasteiger partial charge >= 0.3 is 6.18 Å². The molecule has 10 heteroatoms. The summed E-state index contributed by atoms with van der Waals surface area (Å²) in [6.45, 7) is 1.45. The highest BCUT2D eigenvalue weighted by Gasteiger charge is 2.35. The average molecular weight is 461 g/mol. The Balaban J connectivity index is 1.60. The molecule has 0 atom stereocenters. The van der Waals surface area contributed by atoms with E-state index in [9.17, 15) is 18.0 Å². The average Bonchev–Trinajstić information content (AvgIpc) is 3.20. The van der Waals surface area contributed by atoms with Gasteiger partial charge in [0.25, 0.3) is 0 Å². The highest BCUT2D eigenvalue weighted by atomic mass is 32.2. The van der Waals surface area contributed by atoms with Gasteiger partial charge < -0.3 is 0 Å². The third-order valence-electron chi connectivity index (χ3n) is 4.24. The molecule has 158 valence electrons. The zero-order valence-corrected chi connectivity index (χ0v) is 17.8. The molecule has 0 spiro atoms. The number of fused-ring (bicyclic) bond motifs is 1. The molecule has 0 unspecified atom stereocenters. The molecule has 2 aromatic carbocycles. The Morgan fingerprint density at radius 3 is 2.45 bits per heavy atom. The molecule has 5 nitrogen and oxygen atoms in total. The first-order chi connectivity index (χ1) is 14.8. The molecule has 4 aromatic rings. The lowest BCUT2D eigenvalue weighted by atomic mass is 10.2. The second-order valence-electron chi connectivity index (χ2n) is 6.47. The monoisotopic (exact) mass is 460 g/mol. The quantitative estimate of drug-likeness (QED) is 0.267. The van der Waals surface area contributed by atoms with Crippen LogP contribution in [-0.4, -0.2) is 20.9 Å². The number of hydrogen-bond donors (Lipinski definition) is 0. The Bertz CT molecular complexity index is 1230. The summed E-state index contributed by atoms with van der Waals surface area (Å²) in [5.41, 5.74) is 1.57. The number of carbonyl (C=O) groups is 1. The number of hydrogen-bond acceptors (Lipinski definition) is 6. The van der Waals surface area contributed by atoms with Crippen molar-refractivity contribution in [3.05, 3.63) is 71.5 Å². The number of amides is 1. The number of carbonyl (C=O) groups excluding carboxylic acids is 1. The van der Waals surface area contributed by atoms with Crippen molar-refractivity contribution in [1.29, 1.82) is 0 Å². The Kier molecular flexibility index (Phi) is 5.92. The smallest absolute Gasteiger partial charge is 0.274 e. The fourth-order valence-electron chi connectivity index (χ4n) is 2.90. The Morgan fingerprint density at radius 2 is 1.74 bits per heavy atom. The summed E-state index contributed by atoms with van der Waals surface area (Å²) < 4.78 is 39.6. The number of nitrogens with zero attached hydrogens (tertiary/aromatic N) is 4. The van der Waals surface area contributed by atoms with E-state index in [0.717, 1.165) is 11.8 Å². The van der Waals surface area contributed by atoms with Gasteiger partial charge in [0, 0.05) is 23.4 Å². The second kappa shape index (κ2) is 8.64. The van der Waals surface area contributed by atoms with Crippen molar-refractivity contribution in [2.75, 3.05) is 4.90 Å². The van der Waals surface area contributed by atoms with Crippen molar-refractivity contribution in [2.45, 2.75) is 23.9 Å². The van der Waals surface area contributed by atoms with Crippen molar-refractivity contribution in [3.8, 4) is 0 Å². The minimum atomic E-state index is -4.63. The molecule has 4 rings (SSSR count). The van der Waals surface area contributed by atoms with E-state index in [1.165, 1.54) is 29.2 Å². The van der Waals surface area contributed by atoms with E-state index in [0.29, 0.717) is 27.7 Å². The second-order valence-corrected chi connectivity index (χ2v) is 8.27. The number of aromatic nitrogens is 3. The molecule has 0 aliphatic heterocycles. The van der Waals surface area contributed by atoms with Crippen LogP contribution in [-0.2, 0) is 16.7 Å². The van der Waals surface area contributed by atoms with Gasteiger partial charge in [0.2, 0.25) is 11.7 Å². The number of rotatable bonds is 5. The van der Waals surface area contributed by atoms with E-state index in [4.69, 9.17) is 0 Å². The van der Waals surface area contributed by atoms with Gasteiger partial charge in [-0.05, 0) is 18.2 Å². The lowest BCUT2D eigenvalue weighted by molar-refractivity contribution is -0.145. The molecule has 1 amide bonds. The van der Waals surface area contributed by atoms with Crippen LogP contribution in [0.25, 0.3) is 10.9 Å². The van der Waals surface area contributed by atoms with Crippen molar-refractivity contribution in [3.63, 3.8) is 0 Å². The number of halogens is 3. The van der Waals surface area contributed by atoms with Crippen LogP contribution in [0.2, 0.25) is 0 Å². The van der Waals surface area contributed by atoms with Crippen LogP contribution in [0.3, 0.4) is 0 Å². The molecule has 0 saturated carbocycles. The van der Waals surface area contributed by atoms with Crippen LogP contribution in [0.1, 0.15) is 18.4 Å². The summed E-state index contributed by atoms with van der Waals surface area (Å²) in [4.78, 5) is 25.6. The Labute approximate surface area is 184 Å². The molecule has 2 aromatic heterocycles. The zero-order valence-electron chi connectivity index (χ0n) is 16.1. The minimum Gasteiger partial charge on any atom is -0.274 e. The maximum Gasteiger partial charge on any atom is 0.451 e. The number of thioether (sulfide) groups is 1. The van der Waals surface area contributed by atoms with Crippen LogP contribution >= 0.6 is 23.1 Å². The van der Waals surface area contributed by atoms with Crippen molar-refractivity contribution >= 4 is 50.7 Å². The standard InChI is InChI=1S/C21H15F3N4OS2/c1-13(29)28(15-7-3-2-4-8-15)20-25-14(12-31-20)11-30-18-16-9-5-6-10-17(16)26-19(27-18)21(22,23)24/h2-10,12H,11H2,1H3. The number of benzene rings is 2. The minimum absolute atomic E-state index is 0.184. The molecular formula is C21H15F3N4OS2. The van der Waals surface area contributed by atoms with Gasteiger partial charge in [-0.15, -0.1) is 11.3 Å². The van der Waals surface area contributed by atoms with Gasteiger partial charge in [-0.1, -0.05) is 48.2 Å². The van der Waals surface area contributed by atoms with Crippen molar-refractivity contribution in [2.24, 2.45) is 0 Å². The van der Waals surface area contributed by atoms with E-state index in [1.807, 2.05) is 30.3 Å². The van der Waals surface area contributed by atoms with Crippen LogP contribution in [0.4, 0.5) is 24.0 Å². The zero-order chi connectivity index (χ0) is 22.0. The molecule has 0 bridgehead atoms. The Morgan fingerprint density at radius 1 is 1.03 bits per heavy atom. The lowest BCUT2D eigenvalue weighted by Gasteiger charge is -2.17. The van der Waals surface area contributed by atoms with Crippen LogP contribution in [0, 0.1) is 0 Å². The van der Waals surface area contributed by atoms with E-state index >= 15 is 0 Å². The fourth-order valence-corrected chi connectivity index (χ4v) is 4.80. The number of thiazole rings is 1. The molecule has 0 fully saturated rings. The molecule has 0 aliphatic rings. The largest absolute Gasteiger partial charge is 0.451 e. The summed E-state index contributed by atoms with van der Waals surface area (Å²) in [6, 6.07) is 15.7. The van der Waals surface area contributed by atoms with Gasteiger partial charge in [-0.2, -0.15) is 13.2 Å². The van der Waals surface area contributed by atoms with Crippen molar-refractivity contribution < 1.29 is 18.0 Å². The summed E-state index contributed by atoms with van der Waals surface area (Å²) in [5.74, 6) is -1.05. The SMILES string of the molecule is CC(=O)N(c1ccccc1)c1nc(CSc2nc(C(F)(F)F)nc3ccccc23)cs1. The maximum absolute atomic E-state index is 13.2. The summed E-state index contributed by atoms with van der Waals surface area (Å²) in [7, 11) is 0. The van der Waals surface area contributed by atoms with Crippen LogP contribution in [0.15, 0.2) is 65.0 Å². The number of alkyl halides is 3. The first-order valence-electron chi connectivity index (χ1n) is 9.10. The van der Waals surface area contributed by atoms with Gasteiger partial charge in [0.05, 0.1) is 16.9 Å². The van der Waals surface area contributed by atoms with E-state index in [-0.39, 0.29) is 16.4 Å². The Hall–Kier alpha value is -2.98. The number of anilines is 2. The third kappa shape index (κ3) is 4.70. The molecular weight excluding hydrogens is 445 g/mol. The van der Waals surface area contributed by atoms with Crippen LogP contribution < -0.4 is 4.90 Å². The van der Waals surface area contributed by atoms with Gasteiger partial charge in [-0.25, -0.2) is 15.0 Å². The fraction of sp³-hybridized carbons (Fsp3) is 0.143. The first-order valence-corrected chi connectivity index (χ1v) is 11.0. The van der Waals surface area contributed by atoms with Crippen molar-refractivity contribution in [1.82, 2.24) is 15.0 Å². The maximum atomic E-state index is 13.2. The number of para-hydroxylation sites is 2. The summed E-state index contributed by atoms with van der Waals surface area (Å²) >= 11 is 2.45. The highest BCUT2D eigenvalue weighted by molar-refractivity contribution is 7.98. The first kappa shape index (κ1) is 21.3. The third-order valence-corrected chi connectivity index (χ3v) is 6.14. The molecule has 0 saturated heterocycles. The van der Waals surface area contributed by atoms with Gasteiger partial charge in [0.1, 0.15) is 5.03 Å². The van der Waals surface area contributed by atoms with E-state index < -0.39 is 12.0 Å². The predicted octanol–water partition coefficient (Wildman–Crippen LogP) is 6.08. The predicted molar refractivity (Wildman–Crippen MR) is 115 cm³/mol. The topological polar surface area (TPSA) is 59.0 Å². The molecule has 0 radical (unpaired) electrons. The van der Waals surface area contributed by atoms with Gasteiger partial charge in [0.15, 0.2) is 5.13 Å². The highest BCUT2D eigenvalue weighted by Crippen LogP contribution is 2.35. The molecule has 2 heterocycles. The van der Waals surface area contributed by atoms with E-state index in [1.54, 1.807) is 23.6 Å². The van der Waals surface area contributed by atoms with Gasteiger partial charge in [-0.3, -0.25) is 9.69 Å². The summed E-state index contributed by atoms with van der Waals surface area (Å²) in [5, 5.41) is 3.07. The summed E-state index contributed by atoms with van der Waals surface area (Å²) in [6.07, 6.45) is -4.63.